The predicted octanol–water partition coefficient (Wildman–Crippen LogP) is 4.68. The number of hydrogen-bond acceptors (Lipinski definition) is 8. The molecule has 2 spiro atoms. The second kappa shape index (κ2) is 8.48. The molecular weight excluding hydrogens is 480 g/mol. The van der Waals surface area contributed by atoms with Gasteiger partial charge in [0.05, 0.1) is 36.3 Å². The maximum atomic E-state index is 6.70. The summed E-state index contributed by atoms with van der Waals surface area (Å²) in [5, 5.41) is 10.4. The van der Waals surface area contributed by atoms with Gasteiger partial charge >= 0.3 is 0 Å². The molecule has 3 aromatic heterocycles. The zero-order valence-electron chi connectivity index (χ0n) is 21.0. The van der Waals surface area contributed by atoms with E-state index < -0.39 is 5.79 Å². The van der Waals surface area contributed by atoms with E-state index in [4.69, 9.17) is 30.6 Å². The molecule has 0 unspecified atom stereocenters. The monoisotopic (exact) mass is 512 g/mol. The Morgan fingerprint density at radius 3 is 2.69 bits per heavy atom. The number of hydrogen-bond donors (Lipinski definition) is 0. The molecule has 5 heterocycles. The normalized spacial score (nSPS) is 28.9. The largest absolute Gasteiger partial charge is 0.360 e. The van der Waals surface area contributed by atoms with Crippen LogP contribution in [0.5, 0.6) is 0 Å². The molecule has 36 heavy (non-hydrogen) atoms. The molecular formula is C26H33ClN6O3. The standard InChI is InChI=1S/C26H33ClN6O3/c1-16(19-8-6-12-32(19)2)33-24-18(15-28-33)22(27)29-23(30-24)20-17-7-5-10-25(21(17)36-31-20)9-3-4-11-26(25)34-13-14-35-26/h15-16,19H,3-14H2,1-2H3/t16-,19-,25-/m0/s1. The number of rotatable bonds is 3. The molecule has 9 nitrogen and oxygen atoms in total. The molecule has 1 saturated carbocycles. The number of likely N-dealkylation sites (N-methyl/N-ethyl adjacent to an activating group) is 1. The van der Waals surface area contributed by atoms with E-state index in [0.29, 0.717) is 35.9 Å². The van der Waals surface area contributed by atoms with Crippen molar-refractivity contribution in [3.8, 4) is 11.5 Å². The Bertz CT molecular complexity index is 1300. The van der Waals surface area contributed by atoms with E-state index in [0.717, 1.165) is 80.3 Å². The minimum absolute atomic E-state index is 0.169. The van der Waals surface area contributed by atoms with Crippen molar-refractivity contribution in [2.45, 2.75) is 88.0 Å². The van der Waals surface area contributed by atoms with Crippen LogP contribution in [0.1, 0.15) is 75.7 Å². The molecule has 4 aliphatic rings. The maximum Gasteiger partial charge on any atom is 0.185 e. The van der Waals surface area contributed by atoms with Crippen LogP contribution in [-0.2, 0) is 21.3 Å². The number of likely N-dealkylation sites (tertiary alicyclic amines) is 1. The minimum atomic E-state index is -0.610. The van der Waals surface area contributed by atoms with Crippen molar-refractivity contribution in [1.82, 2.24) is 29.8 Å². The number of nitrogens with zero attached hydrogens (tertiary/aromatic N) is 6. The Hall–Kier alpha value is -2.07. The average Bonchev–Trinajstić information content (AvgIpc) is 3.67. The lowest BCUT2D eigenvalue weighted by atomic mass is 9.61. The van der Waals surface area contributed by atoms with Crippen molar-refractivity contribution in [3.63, 3.8) is 0 Å². The number of fused-ring (bicyclic) bond motifs is 4. The lowest BCUT2D eigenvalue weighted by molar-refractivity contribution is -0.235. The van der Waals surface area contributed by atoms with Gasteiger partial charge in [-0.3, -0.25) is 0 Å². The van der Waals surface area contributed by atoms with E-state index in [9.17, 15) is 0 Å². The van der Waals surface area contributed by atoms with E-state index in [-0.39, 0.29) is 11.5 Å². The van der Waals surface area contributed by atoms with Crippen molar-refractivity contribution in [1.29, 1.82) is 0 Å². The molecule has 3 aromatic rings. The fourth-order valence-corrected chi connectivity index (χ4v) is 7.68. The quantitative estimate of drug-likeness (QED) is 0.467. The van der Waals surface area contributed by atoms with Gasteiger partial charge in [0.2, 0.25) is 0 Å². The first kappa shape index (κ1) is 23.1. The highest BCUT2D eigenvalue weighted by Crippen LogP contribution is 2.57. The lowest BCUT2D eigenvalue weighted by Crippen LogP contribution is -2.56. The van der Waals surface area contributed by atoms with Crippen LogP contribution in [0.25, 0.3) is 22.6 Å². The van der Waals surface area contributed by atoms with Gasteiger partial charge in [0, 0.05) is 18.0 Å². The fraction of sp³-hybridized carbons (Fsp3) is 0.692. The van der Waals surface area contributed by atoms with Crippen LogP contribution in [0.4, 0.5) is 0 Å². The molecule has 7 rings (SSSR count). The summed E-state index contributed by atoms with van der Waals surface area (Å²) in [5.74, 6) is 0.794. The highest BCUT2D eigenvalue weighted by molar-refractivity contribution is 6.34. The van der Waals surface area contributed by atoms with Gasteiger partial charge < -0.3 is 18.9 Å². The molecule has 0 aromatic carbocycles. The van der Waals surface area contributed by atoms with Gasteiger partial charge in [-0.15, -0.1) is 0 Å². The first-order valence-electron chi connectivity index (χ1n) is 13.4. The van der Waals surface area contributed by atoms with E-state index in [1.807, 2.05) is 4.68 Å². The van der Waals surface area contributed by atoms with E-state index in [2.05, 4.69) is 34.1 Å². The molecule has 0 bridgehead atoms. The summed E-state index contributed by atoms with van der Waals surface area (Å²) in [5.41, 5.74) is 2.20. The summed E-state index contributed by atoms with van der Waals surface area (Å²) < 4.78 is 20.8. The van der Waals surface area contributed by atoms with Crippen molar-refractivity contribution >= 4 is 22.6 Å². The molecule has 0 N–H and O–H groups in total. The molecule has 192 valence electrons. The molecule has 0 amide bonds. The Morgan fingerprint density at radius 1 is 1.08 bits per heavy atom. The van der Waals surface area contributed by atoms with E-state index in [1.54, 1.807) is 6.20 Å². The van der Waals surface area contributed by atoms with Crippen LogP contribution < -0.4 is 0 Å². The number of halogens is 1. The van der Waals surface area contributed by atoms with Crippen LogP contribution in [0.15, 0.2) is 10.7 Å². The lowest BCUT2D eigenvalue weighted by Gasteiger charge is -2.50. The summed E-state index contributed by atoms with van der Waals surface area (Å²) in [6, 6.07) is 0.584. The van der Waals surface area contributed by atoms with Gasteiger partial charge in [0.1, 0.15) is 5.15 Å². The second-order valence-electron chi connectivity index (χ2n) is 11.0. The van der Waals surface area contributed by atoms with Crippen LogP contribution in [0.2, 0.25) is 5.15 Å². The summed E-state index contributed by atoms with van der Waals surface area (Å²) in [6.07, 6.45) is 11.1. The molecule has 3 fully saturated rings. The van der Waals surface area contributed by atoms with Gasteiger partial charge in [-0.1, -0.05) is 23.2 Å². The summed E-state index contributed by atoms with van der Waals surface area (Å²) in [6.45, 7) is 4.58. The molecule has 2 saturated heterocycles. The minimum Gasteiger partial charge on any atom is -0.360 e. The van der Waals surface area contributed by atoms with Gasteiger partial charge in [0.25, 0.3) is 0 Å². The molecule has 3 atom stereocenters. The van der Waals surface area contributed by atoms with Crippen LogP contribution in [0, 0.1) is 0 Å². The maximum absolute atomic E-state index is 6.70. The van der Waals surface area contributed by atoms with Crippen LogP contribution in [0.3, 0.4) is 0 Å². The highest BCUT2D eigenvalue weighted by Gasteiger charge is 2.61. The second-order valence-corrected chi connectivity index (χ2v) is 11.4. The molecule has 0 radical (unpaired) electrons. The van der Waals surface area contributed by atoms with Crippen molar-refractivity contribution in [2.24, 2.45) is 0 Å². The molecule has 2 aliphatic heterocycles. The molecule has 10 heteroatoms. The third-order valence-electron chi connectivity index (χ3n) is 9.23. The van der Waals surface area contributed by atoms with Gasteiger partial charge in [-0.2, -0.15) is 5.10 Å². The first-order chi connectivity index (χ1) is 17.5. The van der Waals surface area contributed by atoms with Crippen LogP contribution >= 0.6 is 11.6 Å². The average molecular weight is 513 g/mol. The summed E-state index contributed by atoms with van der Waals surface area (Å²) in [4.78, 5) is 12.1. The summed E-state index contributed by atoms with van der Waals surface area (Å²) in [7, 11) is 2.18. The third kappa shape index (κ3) is 3.19. The molecule has 2 aliphatic carbocycles. The van der Waals surface area contributed by atoms with Gasteiger partial charge in [-0.25, -0.2) is 14.6 Å². The number of aromatic nitrogens is 5. The number of ether oxygens (including phenoxy) is 2. The van der Waals surface area contributed by atoms with Crippen molar-refractivity contribution in [3.05, 3.63) is 22.7 Å². The van der Waals surface area contributed by atoms with E-state index in [1.165, 1.54) is 6.42 Å². The zero-order chi connectivity index (χ0) is 24.5. The van der Waals surface area contributed by atoms with Gasteiger partial charge in [-0.05, 0) is 65.5 Å². The van der Waals surface area contributed by atoms with E-state index >= 15 is 0 Å². The topological polar surface area (TPSA) is 91.3 Å². The predicted molar refractivity (Wildman–Crippen MR) is 134 cm³/mol. The Labute approximate surface area is 215 Å². The fourth-order valence-electron chi connectivity index (χ4n) is 7.47. The zero-order valence-corrected chi connectivity index (χ0v) is 21.8. The van der Waals surface area contributed by atoms with Crippen LogP contribution in [-0.4, -0.2) is 68.4 Å². The highest BCUT2D eigenvalue weighted by atomic mass is 35.5. The Balaban J connectivity index is 1.32. The SMILES string of the molecule is C[C@@H]([C@@H]1CCCN1C)n1ncc2c(Cl)nc(-c3noc4c3CCC[C@@]43CCCCC34OCCO4)nc21. The smallest absolute Gasteiger partial charge is 0.185 e. The third-order valence-corrected chi connectivity index (χ3v) is 9.52. The van der Waals surface area contributed by atoms with Crippen molar-refractivity contribution in [2.75, 3.05) is 26.8 Å². The van der Waals surface area contributed by atoms with Crippen molar-refractivity contribution < 1.29 is 14.0 Å². The first-order valence-corrected chi connectivity index (χ1v) is 13.8. The van der Waals surface area contributed by atoms with Gasteiger partial charge in [0.15, 0.2) is 28.7 Å². The Morgan fingerprint density at radius 2 is 1.89 bits per heavy atom. The Kier molecular flexibility index (Phi) is 5.43. The summed E-state index contributed by atoms with van der Waals surface area (Å²) >= 11 is 6.70.